The van der Waals surface area contributed by atoms with Crippen LogP contribution in [0.1, 0.15) is 0 Å². The van der Waals surface area contributed by atoms with Crippen molar-refractivity contribution in [3.05, 3.63) is 47.6 Å². The summed E-state index contributed by atoms with van der Waals surface area (Å²) in [5.74, 6) is 0.516. The van der Waals surface area contributed by atoms with Crippen molar-refractivity contribution >= 4 is 17.4 Å². The Kier molecular flexibility index (Phi) is 2.37. The molecule has 0 amide bonds. The minimum absolute atomic E-state index is 0.516. The number of aromatic nitrogens is 1. The summed E-state index contributed by atoms with van der Waals surface area (Å²) in [5, 5.41) is 0.597. The first-order valence-corrected chi connectivity index (χ1v) is 4.52. The van der Waals surface area contributed by atoms with Crippen molar-refractivity contribution in [3.8, 4) is 11.1 Å². The molecule has 0 unspecified atom stereocenters. The fourth-order valence-electron chi connectivity index (χ4n) is 1.19. The van der Waals surface area contributed by atoms with Gasteiger partial charge in [-0.3, -0.25) is 0 Å². The van der Waals surface area contributed by atoms with Crippen LogP contribution < -0.4 is 5.73 Å². The van der Waals surface area contributed by atoms with Gasteiger partial charge in [-0.25, -0.2) is 4.98 Å². The SMILES string of the molecule is Nc1ccc(-c2cc[c]c(Cl)c2)cn1. The smallest absolute Gasteiger partial charge is 0.123 e. The molecule has 1 aromatic carbocycles. The number of anilines is 1. The quantitative estimate of drug-likeness (QED) is 0.774. The number of nitrogen functional groups attached to an aromatic ring is 1. The first-order chi connectivity index (χ1) is 6.75. The third-order valence-electron chi connectivity index (χ3n) is 1.89. The highest BCUT2D eigenvalue weighted by Crippen LogP contribution is 2.21. The molecule has 0 atom stereocenters. The summed E-state index contributed by atoms with van der Waals surface area (Å²) in [6.07, 6.45) is 1.72. The van der Waals surface area contributed by atoms with Crippen molar-refractivity contribution in [1.82, 2.24) is 4.98 Å². The van der Waals surface area contributed by atoms with Crippen LogP contribution in [0.15, 0.2) is 36.5 Å². The average molecular weight is 204 g/mol. The monoisotopic (exact) mass is 203 g/mol. The molecule has 0 aliphatic rings. The van der Waals surface area contributed by atoms with Crippen LogP contribution in [0.2, 0.25) is 5.02 Å². The number of halogens is 1. The Balaban J connectivity index is 2.44. The molecule has 0 bridgehead atoms. The zero-order valence-electron chi connectivity index (χ0n) is 7.37. The van der Waals surface area contributed by atoms with E-state index in [0.717, 1.165) is 11.1 Å². The van der Waals surface area contributed by atoms with E-state index in [2.05, 4.69) is 11.1 Å². The molecule has 1 aromatic heterocycles. The molecule has 1 radical (unpaired) electrons. The van der Waals surface area contributed by atoms with Crippen LogP contribution in [0.25, 0.3) is 11.1 Å². The van der Waals surface area contributed by atoms with Gasteiger partial charge in [0, 0.05) is 22.8 Å². The normalized spacial score (nSPS) is 10.1. The Labute approximate surface area is 87.4 Å². The van der Waals surface area contributed by atoms with E-state index < -0.39 is 0 Å². The lowest BCUT2D eigenvalue weighted by Crippen LogP contribution is -1.88. The van der Waals surface area contributed by atoms with Gasteiger partial charge in [0.25, 0.3) is 0 Å². The summed E-state index contributed by atoms with van der Waals surface area (Å²) in [5.41, 5.74) is 7.50. The summed E-state index contributed by atoms with van der Waals surface area (Å²) >= 11 is 5.83. The highest BCUT2D eigenvalue weighted by atomic mass is 35.5. The first-order valence-electron chi connectivity index (χ1n) is 4.15. The molecule has 0 saturated carbocycles. The number of benzene rings is 1. The molecule has 0 fully saturated rings. The number of nitrogens with two attached hydrogens (primary N) is 1. The van der Waals surface area contributed by atoms with Gasteiger partial charge < -0.3 is 5.73 Å². The number of hydrogen-bond donors (Lipinski definition) is 1. The van der Waals surface area contributed by atoms with Gasteiger partial charge >= 0.3 is 0 Å². The van der Waals surface area contributed by atoms with Gasteiger partial charge in [0.15, 0.2) is 0 Å². The van der Waals surface area contributed by atoms with Gasteiger partial charge in [-0.1, -0.05) is 23.7 Å². The van der Waals surface area contributed by atoms with E-state index in [-0.39, 0.29) is 0 Å². The molecule has 0 aliphatic heterocycles. The van der Waals surface area contributed by atoms with Crippen molar-refractivity contribution in [3.63, 3.8) is 0 Å². The Bertz CT molecular complexity index is 437. The predicted octanol–water partition coefficient (Wildman–Crippen LogP) is 2.78. The Morgan fingerprint density at radius 3 is 2.71 bits per heavy atom. The molecule has 2 aromatic rings. The number of hydrogen-bond acceptors (Lipinski definition) is 2. The van der Waals surface area contributed by atoms with E-state index in [9.17, 15) is 0 Å². The molecule has 2 nitrogen and oxygen atoms in total. The van der Waals surface area contributed by atoms with Gasteiger partial charge in [0.2, 0.25) is 0 Å². The zero-order chi connectivity index (χ0) is 9.97. The van der Waals surface area contributed by atoms with Crippen LogP contribution in [0.5, 0.6) is 0 Å². The van der Waals surface area contributed by atoms with Gasteiger partial charge in [-0.2, -0.15) is 0 Å². The second-order valence-electron chi connectivity index (χ2n) is 2.90. The Morgan fingerprint density at radius 2 is 2.07 bits per heavy atom. The van der Waals surface area contributed by atoms with E-state index in [0.29, 0.717) is 10.8 Å². The van der Waals surface area contributed by atoms with Crippen LogP contribution in [-0.4, -0.2) is 4.98 Å². The van der Waals surface area contributed by atoms with Crippen molar-refractivity contribution < 1.29 is 0 Å². The maximum absolute atomic E-state index is 5.83. The maximum Gasteiger partial charge on any atom is 0.123 e. The van der Waals surface area contributed by atoms with Crippen LogP contribution in [-0.2, 0) is 0 Å². The van der Waals surface area contributed by atoms with Crippen LogP contribution >= 0.6 is 11.6 Å². The molecule has 1 heterocycles. The van der Waals surface area contributed by atoms with E-state index in [1.807, 2.05) is 18.2 Å². The topological polar surface area (TPSA) is 38.9 Å². The molecule has 3 heteroatoms. The van der Waals surface area contributed by atoms with Gasteiger partial charge in [0.1, 0.15) is 5.82 Å². The van der Waals surface area contributed by atoms with E-state index in [4.69, 9.17) is 17.3 Å². The molecule has 0 saturated heterocycles. The van der Waals surface area contributed by atoms with Crippen LogP contribution in [0.4, 0.5) is 5.82 Å². The van der Waals surface area contributed by atoms with Crippen molar-refractivity contribution in [2.24, 2.45) is 0 Å². The van der Waals surface area contributed by atoms with E-state index >= 15 is 0 Å². The standard InChI is InChI=1S/C11H8ClN2/c12-10-3-1-2-8(6-10)9-4-5-11(13)14-7-9/h1-2,4-7H,(H2,13,14). The first kappa shape index (κ1) is 9.03. The second-order valence-corrected chi connectivity index (χ2v) is 3.30. The van der Waals surface area contributed by atoms with Crippen molar-refractivity contribution in [1.29, 1.82) is 0 Å². The third-order valence-corrected chi connectivity index (χ3v) is 2.10. The fraction of sp³-hybridized carbons (Fsp3) is 0. The number of nitrogens with zero attached hydrogens (tertiary/aromatic N) is 1. The van der Waals surface area contributed by atoms with Gasteiger partial charge in [-0.15, -0.1) is 0 Å². The van der Waals surface area contributed by atoms with Crippen LogP contribution in [0, 0.1) is 6.07 Å². The van der Waals surface area contributed by atoms with Crippen molar-refractivity contribution in [2.45, 2.75) is 0 Å². The minimum Gasteiger partial charge on any atom is -0.384 e. The van der Waals surface area contributed by atoms with Gasteiger partial charge in [-0.05, 0) is 23.8 Å². The molecule has 2 N–H and O–H groups in total. The van der Waals surface area contributed by atoms with E-state index in [1.165, 1.54) is 0 Å². The summed E-state index contributed by atoms with van der Waals surface area (Å²) in [6.45, 7) is 0. The fourth-order valence-corrected chi connectivity index (χ4v) is 1.37. The average Bonchev–Trinajstić information content (AvgIpc) is 2.19. The molecule has 0 spiro atoms. The molecular weight excluding hydrogens is 196 g/mol. The lowest BCUT2D eigenvalue weighted by Gasteiger charge is -2.01. The molecule has 14 heavy (non-hydrogen) atoms. The summed E-state index contributed by atoms with van der Waals surface area (Å²) < 4.78 is 0. The highest BCUT2D eigenvalue weighted by Gasteiger charge is 1.98. The highest BCUT2D eigenvalue weighted by molar-refractivity contribution is 6.30. The zero-order valence-corrected chi connectivity index (χ0v) is 8.12. The summed E-state index contributed by atoms with van der Waals surface area (Å²) in [6, 6.07) is 12.1. The Hall–Kier alpha value is -1.54. The third kappa shape index (κ3) is 1.86. The number of pyridine rings is 1. The van der Waals surface area contributed by atoms with Crippen LogP contribution in [0.3, 0.4) is 0 Å². The molecule has 2 rings (SSSR count). The lowest BCUT2D eigenvalue weighted by atomic mass is 10.1. The van der Waals surface area contributed by atoms with Crippen molar-refractivity contribution in [2.75, 3.05) is 5.73 Å². The Morgan fingerprint density at radius 1 is 1.21 bits per heavy atom. The minimum atomic E-state index is 0.516. The number of rotatable bonds is 1. The summed E-state index contributed by atoms with van der Waals surface area (Å²) in [4.78, 5) is 4.01. The molecule has 0 aliphatic carbocycles. The van der Waals surface area contributed by atoms with E-state index in [1.54, 1.807) is 18.3 Å². The molecular formula is C11H8ClN2. The lowest BCUT2D eigenvalue weighted by molar-refractivity contribution is 1.34. The maximum atomic E-state index is 5.83. The predicted molar refractivity (Wildman–Crippen MR) is 57.9 cm³/mol. The molecule has 69 valence electrons. The summed E-state index contributed by atoms with van der Waals surface area (Å²) in [7, 11) is 0. The second kappa shape index (κ2) is 3.68. The van der Waals surface area contributed by atoms with Gasteiger partial charge in [0.05, 0.1) is 0 Å². The largest absolute Gasteiger partial charge is 0.384 e.